The molecule has 1 saturated heterocycles. The third kappa shape index (κ3) is 4.20. The van der Waals surface area contributed by atoms with Crippen LogP contribution in [0.2, 0.25) is 0 Å². The highest BCUT2D eigenvalue weighted by Crippen LogP contribution is 2.25. The summed E-state index contributed by atoms with van der Waals surface area (Å²) >= 11 is 0. The molecule has 3 nitrogen and oxygen atoms in total. The Balaban J connectivity index is 2.68. The molecule has 1 amide bonds. The first-order valence-corrected chi connectivity index (χ1v) is 7.49. The molecule has 0 saturated carbocycles. The summed E-state index contributed by atoms with van der Waals surface area (Å²) in [6.45, 7) is 18.5. The molecule has 0 aliphatic carbocycles. The normalized spacial score (nSPS) is 18.2. The molecule has 0 atom stereocenters. The van der Waals surface area contributed by atoms with E-state index in [1.54, 1.807) is 0 Å². The zero-order chi connectivity index (χ0) is 15.6. The van der Waals surface area contributed by atoms with Crippen LogP contribution in [0.3, 0.4) is 0 Å². The summed E-state index contributed by atoms with van der Waals surface area (Å²) in [7, 11) is 0. The molecule has 3 heteroatoms. The molecule has 1 aliphatic rings. The van der Waals surface area contributed by atoms with Gasteiger partial charge in [-0.25, -0.2) is 0 Å². The van der Waals surface area contributed by atoms with Crippen molar-refractivity contribution in [1.82, 2.24) is 10.2 Å². The SMILES string of the molecule is C=C(/C=C(\C)C(C)(C)C)NC(=O)C(C)(C)N1CCCC1. The van der Waals surface area contributed by atoms with E-state index in [4.69, 9.17) is 0 Å². The lowest BCUT2D eigenvalue weighted by Gasteiger charge is -2.34. The van der Waals surface area contributed by atoms with Gasteiger partial charge in [-0.1, -0.05) is 32.9 Å². The van der Waals surface area contributed by atoms with Crippen LogP contribution in [0.4, 0.5) is 0 Å². The summed E-state index contributed by atoms with van der Waals surface area (Å²) in [5, 5.41) is 2.95. The number of rotatable bonds is 4. The number of hydrogen-bond donors (Lipinski definition) is 1. The summed E-state index contributed by atoms with van der Waals surface area (Å²) < 4.78 is 0. The maximum absolute atomic E-state index is 12.5. The van der Waals surface area contributed by atoms with Crippen molar-refractivity contribution in [3.63, 3.8) is 0 Å². The van der Waals surface area contributed by atoms with Crippen molar-refractivity contribution < 1.29 is 4.79 Å². The second-order valence-electron chi connectivity index (χ2n) is 7.31. The van der Waals surface area contributed by atoms with E-state index in [1.807, 2.05) is 19.9 Å². The van der Waals surface area contributed by atoms with Gasteiger partial charge in [-0.15, -0.1) is 0 Å². The van der Waals surface area contributed by atoms with Gasteiger partial charge in [0, 0.05) is 5.70 Å². The molecule has 114 valence electrons. The first-order chi connectivity index (χ1) is 9.05. The van der Waals surface area contributed by atoms with Crippen molar-refractivity contribution in [2.75, 3.05) is 13.1 Å². The van der Waals surface area contributed by atoms with Crippen LogP contribution >= 0.6 is 0 Å². The molecule has 0 aromatic rings. The maximum Gasteiger partial charge on any atom is 0.244 e. The van der Waals surface area contributed by atoms with Crippen LogP contribution in [0.5, 0.6) is 0 Å². The zero-order valence-electron chi connectivity index (χ0n) is 14.0. The number of nitrogens with one attached hydrogen (secondary N) is 1. The first kappa shape index (κ1) is 17.0. The van der Waals surface area contributed by atoms with Crippen molar-refractivity contribution in [1.29, 1.82) is 0 Å². The van der Waals surface area contributed by atoms with E-state index in [2.05, 4.69) is 44.5 Å². The summed E-state index contributed by atoms with van der Waals surface area (Å²) in [6, 6.07) is 0. The van der Waals surface area contributed by atoms with Crippen LogP contribution in [0.25, 0.3) is 0 Å². The van der Waals surface area contributed by atoms with Gasteiger partial charge in [-0.2, -0.15) is 0 Å². The van der Waals surface area contributed by atoms with E-state index in [0.717, 1.165) is 13.1 Å². The van der Waals surface area contributed by atoms with Crippen molar-refractivity contribution in [2.45, 2.75) is 59.9 Å². The minimum absolute atomic E-state index is 0.0300. The zero-order valence-corrected chi connectivity index (χ0v) is 14.0. The molecule has 1 fully saturated rings. The van der Waals surface area contributed by atoms with Crippen LogP contribution in [0.1, 0.15) is 54.4 Å². The highest BCUT2D eigenvalue weighted by atomic mass is 16.2. The molecule has 0 unspecified atom stereocenters. The van der Waals surface area contributed by atoms with E-state index in [9.17, 15) is 4.79 Å². The minimum Gasteiger partial charge on any atom is -0.325 e. The predicted molar refractivity (Wildman–Crippen MR) is 85.4 cm³/mol. The quantitative estimate of drug-likeness (QED) is 0.798. The number of likely N-dealkylation sites (tertiary alicyclic amines) is 1. The molecule has 1 heterocycles. The Kier molecular flexibility index (Phi) is 5.20. The Bertz CT molecular complexity index is 407. The monoisotopic (exact) mass is 278 g/mol. The van der Waals surface area contributed by atoms with E-state index in [0.29, 0.717) is 5.70 Å². The summed E-state index contributed by atoms with van der Waals surface area (Å²) in [5.41, 5.74) is 1.51. The second-order valence-corrected chi connectivity index (χ2v) is 7.31. The van der Waals surface area contributed by atoms with Crippen molar-refractivity contribution in [3.05, 3.63) is 23.9 Å². The average Bonchev–Trinajstić information content (AvgIpc) is 2.80. The lowest BCUT2D eigenvalue weighted by atomic mass is 9.87. The summed E-state index contributed by atoms with van der Waals surface area (Å²) in [5.74, 6) is 0.0300. The van der Waals surface area contributed by atoms with Crippen LogP contribution in [0.15, 0.2) is 23.9 Å². The molecule has 0 radical (unpaired) electrons. The number of allylic oxidation sites excluding steroid dienone is 2. The fourth-order valence-corrected chi connectivity index (χ4v) is 2.23. The lowest BCUT2D eigenvalue weighted by Crippen LogP contribution is -2.53. The van der Waals surface area contributed by atoms with Gasteiger partial charge >= 0.3 is 0 Å². The van der Waals surface area contributed by atoms with Crippen LogP contribution in [-0.2, 0) is 4.79 Å². The maximum atomic E-state index is 12.5. The van der Waals surface area contributed by atoms with Gasteiger partial charge in [-0.05, 0) is 58.2 Å². The smallest absolute Gasteiger partial charge is 0.244 e. The van der Waals surface area contributed by atoms with Gasteiger partial charge in [0.25, 0.3) is 0 Å². The van der Waals surface area contributed by atoms with E-state index >= 15 is 0 Å². The molecule has 0 aromatic heterocycles. The molecule has 1 N–H and O–H groups in total. The molecular weight excluding hydrogens is 248 g/mol. The summed E-state index contributed by atoms with van der Waals surface area (Å²) in [6.07, 6.45) is 4.33. The van der Waals surface area contributed by atoms with Gasteiger partial charge in [0.2, 0.25) is 5.91 Å². The van der Waals surface area contributed by atoms with Crippen LogP contribution < -0.4 is 5.32 Å². The fourth-order valence-electron chi connectivity index (χ4n) is 2.23. The van der Waals surface area contributed by atoms with Gasteiger partial charge in [0.05, 0.1) is 5.54 Å². The van der Waals surface area contributed by atoms with Crippen molar-refractivity contribution in [3.8, 4) is 0 Å². The number of hydrogen-bond acceptors (Lipinski definition) is 2. The van der Waals surface area contributed by atoms with E-state index in [-0.39, 0.29) is 11.3 Å². The van der Waals surface area contributed by atoms with Gasteiger partial charge in [0.15, 0.2) is 0 Å². The average molecular weight is 278 g/mol. The Morgan fingerprint density at radius 2 is 1.65 bits per heavy atom. The Morgan fingerprint density at radius 1 is 1.15 bits per heavy atom. The Labute approximate surface area is 124 Å². The predicted octanol–water partition coefficient (Wildman–Crippen LogP) is 3.48. The highest BCUT2D eigenvalue weighted by Gasteiger charge is 2.36. The molecule has 1 rings (SSSR count). The molecule has 0 bridgehead atoms. The highest BCUT2D eigenvalue weighted by molar-refractivity contribution is 5.87. The molecular formula is C17H30N2O. The van der Waals surface area contributed by atoms with Crippen molar-refractivity contribution in [2.24, 2.45) is 5.41 Å². The second kappa shape index (κ2) is 6.13. The van der Waals surface area contributed by atoms with E-state index < -0.39 is 5.54 Å². The standard InChI is InChI=1S/C17H30N2O/c1-13(16(3,4)5)12-14(2)18-15(20)17(6,7)19-10-8-9-11-19/h12H,2,8-11H2,1,3-7H3,(H,18,20)/b13-12+. The van der Waals surface area contributed by atoms with Crippen LogP contribution in [-0.4, -0.2) is 29.4 Å². The number of carbonyl (C=O) groups is 1. The molecule has 0 aromatic carbocycles. The van der Waals surface area contributed by atoms with Crippen molar-refractivity contribution >= 4 is 5.91 Å². The number of amides is 1. The van der Waals surface area contributed by atoms with Crippen LogP contribution in [0, 0.1) is 5.41 Å². The number of carbonyl (C=O) groups excluding carboxylic acids is 1. The third-order valence-electron chi connectivity index (χ3n) is 4.30. The Hall–Kier alpha value is -1.09. The topological polar surface area (TPSA) is 32.3 Å². The van der Waals surface area contributed by atoms with E-state index in [1.165, 1.54) is 18.4 Å². The summed E-state index contributed by atoms with van der Waals surface area (Å²) in [4.78, 5) is 14.7. The first-order valence-electron chi connectivity index (χ1n) is 7.49. The number of nitrogens with zero attached hydrogens (tertiary/aromatic N) is 1. The van der Waals surface area contributed by atoms with Gasteiger partial charge in [0.1, 0.15) is 0 Å². The molecule has 1 aliphatic heterocycles. The Morgan fingerprint density at radius 3 is 2.10 bits per heavy atom. The largest absolute Gasteiger partial charge is 0.325 e. The fraction of sp³-hybridized carbons (Fsp3) is 0.706. The molecule has 20 heavy (non-hydrogen) atoms. The third-order valence-corrected chi connectivity index (χ3v) is 4.30. The lowest BCUT2D eigenvalue weighted by molar-refractivity contribution is -0.130. The van der Waals surface area contributed by atoms with Gasteiger partial charge in [-0.3, -0.25) is 9.69 Å². The van der Waals surface area contributed by atoms with Gasteiger partial charge < -0.3 is 5.32 Å². The minimum atomic E-state index is -0.469. The molecule has 0 spiro atoms.